The van der Waals surface area contributed by atoms with Gasteiger partial charge in [-0.05, 0) is 31.7 Å². The quantitative estimate of drug-likeness (QED) is 0.859. The van der Waals surface area contributed by atoms with Crippen LogP contribution in [0.3, 0.4) is 0 Å². The zero-order chi connectivity index (χ0) is 11.7. The first-order valence-electron chi connectivity index (χ1n) is 6.07. The summed E-state index contributed by atoms with van der Waals surface area (Å²) in [4.78, 5) is 0. The van der Waals surface area contributed by atoms with Crippen LogP contribution in [0.2, 0.25) is 5.02 Å². The van der Waals surface area contributed by atoms with Crippen LogP contribution in [0.1, 0.15) is 38.4 Å². The lowest BCUT2D eigenvalue weighted by atomic mass is 10.1. The fourth-order valence-corrected chi connectivity index (χ4v) is 2.70. The van der Waals surface area contributed by atoms with Gasteiger partial charge in [-0.15, -0.1) is 0 Å². The van der Waals surface area contributed by atoms with Gasteiger partial charge in [-0.25, -0.2) is 0 Å². The van der Waals surface area contributed by atoms with Crippen molar-refractivity contribution in [1.82, 2.24) is 15.1 Å². The molecule has 3 unspecified atom stereocenters. The summed E-state index contributed by atoms with van der Waals surface area (Å²) in [5, 5.41) is 8.54. The second kappa shape index (κ2) is 4.76. The molecule has 1 fully saturated rings. The molecule has 1 heterocycles. The van der Waals surface area contributed by atoms with Gasteiger partial charge in [0.25, 0.3) is 0 Å². The van der Waals surface area contributed by atoms with E-state index in [0.717, 1.165) is 29.8 Å². The van der Waals surface area contributed by atoms with Crippen molar-refractivity contribution in [2.75, 3.05) is 7.05 Å². The Hall–Kier alpha value is -0.540. The van der Waals surface area contributed by atoms with Gasteiger partial charge >= 0.3 is 0 Å². The highest BCUT2D eigenvalue weighted by Crippen LogP contribution is 2.47. The van der Waals surface area contributed by atoms with E-state index in [9.17, 15) is 0 Å². The third kappa shape index (κ3) is 2.11. The smallest absolute Gasteiger partial charge is 0.0834 e. The minimum atomic E-state index is 0.358. The standard InChI is InChI=1S/C12H20ClN3/c1-4-5-16-12(10(13)7-15-16)11(14-3)9-6-8(9)2/h7-9,11,14H,4-6H2,1-3H3. The number of aromatic nitrogens is 2. The molecule has 4 heteroatoms. The van der Waals surface area contributed by atoms with E-state index in [1.54, 1.807) is 6.20 Å². The Kier molecular flexibility index (Phi) is 3.55. The van der Waals surface area contributed by atoms with Crippen molar-refractivity contribution < 1.29 is 0 Å². The Labute approximate surface area is 102 Å². The number of hydrogen-bond donors (Lipinski definition) is 1. The highest BCUT2D eigenvalue weighted by atomic mass is 35.5. The van der Waals surface area contributed by atoms with Crippen LogP contribution in [0.4, 0.5) is 0 Å². The SMILES string of the molecule is CCCn1ncc(Cl)c1C(NC)C1CC1C. The van der Waals surface area contributed by atoms with Gasteiger partial charge in [0, 0.05) is 6.54 Å². The first-order valence-corrected chi connectivity index (χ1v) is 6.45. The maximum Gasteiger partial charge on any atom is 0.0834 e. The predicted octanol–water partition coefficient (Wildman–Crippen LogP) is 2.86. The molecule has 0 aliphatic heterocycles. The van der Waals surface area contributed by atoms with Crippen molar-refractivity contribution in [1.29, 1.82) is 0 Å². The lowest BCUT2D eigenvalue weighted by molar-refractivity contribution is 0.448. The van der Waals surface area contributed by atoms with Crippen LogP contribution in [0, 0.1) is 11.8 Å². The van der Waals surface area contributed by atoms with Crippen LogP contribution in [0.25, 0.3) is 0 Å². The van der Waals surface area contributed by atoms with Gasteiger partial charge in [-0.3, -0.25) is 4.68 Å². The summed E-state index contributed by atoms with van der Waals surface area (Å²) < 4.78 is 2.05. The minimum absolute atomic E-state index is 0.358. The average Bonchev–Trinajstić information content (AvgIpc) is 2.87. The molecule has 1 aromatic rings. The predicted molar refractivity (Wildman–Crippen MR) is 66.6 cm³/mol. The zero-order valence-corrected chi connectivity index (χ0v) is 11.0. The fourth-order valence-electron chi connectivity index (χ4n) is 2.44. The van der Waals surface area contributed by atoms with Crippen LogP contribution in [-0.2, 0) is 6.54 Å². The molecule has 0 spiro atoms. The Balaban J connectivity index is 2.25. The van der Waals surface area contributed by atoms with Crippen molar-refractivity contribution in [3.63, 3.8) is 0 Å². The third-order valence-corrected chi connectivity index (χ3v) is 3.77. The summed E-state index contributed by atoms with van der Waals surface area (Å²) in [6, 6.07) is 0.358. The van der Waals surface area contributed by atoms with Crippen LogP contribution < -0.4 is 5.32 Å². The van der Waals surface area contributed by atoms with Gasteiger partial charge in [0.1, 0.15) is 0 Å². The summed E-state index contributed by atoms with van der Waals surface area (Å²) in [6.07, 6.45) is 4.14. The molecule has 3 nitrogen and oxygen atoms in total. The number of nitrogens with zero attached hydrogens (tertiary/aromatic N) is 2. The normalized spacial score (nSPS) is 25.8. The van der Waals surface area contributed by atoms with Gasteiger partial charge in [0.05, 0.1) is 23.0 Å². The van der Waals surface area contributed by atoms with Crippen LogP contribution in [0.15, 0.2) is 6.20 Å². The number of nitrogens with one attached hydrogen (secondary N) is 1. The van der Waals surface area contributed by atoms with E-state index in [1.165, 1.54) is 12.1 Å². The first kappa shape index (κ1) is 11.9. The van der Waals surface area contributed by atoms with Crippen molar-refractivity contribution in [2.24, 2.45) is 11.8 Å². The Bertz CT molecular complexity index is 361. The van der Waals surface area contributed by atoms with E-state index in [1.807, 2.05) is 7.05 Å². The van der Waals surface area contributed by atoms with Crippen molar-refractivity contribution in [3.05, 3.63) is 16.9 Å². The summed E-state index contributed by atoms with van der Waals surface area (Å²) in [5.74, 6) is 1.52. The second-order valence-electron chi connectivity index (χ2n) is 4.74. The first-order chi connectivity index (χ1) is 7.69. The maximum atomic E-state index is 6.25. The van der Waals surface area contributed by atoms with Gasteiger partial charge in [-0.2, -0.15) is 5.10 Å². The number of hydrogen-bond acceptors (Lipinski definition) is 2. The van der Waals surface area contributed by atoms with Gasteiger partial charge in [0.15, 0.2) is 0 Å². The van der Waals surface area contributed by atoms with Crippen molar-refractivity contribution in [2.45, 2.75) is 39.3 Å². The highest BCUT2D eigenvalue weighted by Gasteiger charge is 2.41. The van der Waals surface area contributed by atoms with Crippen LogP contribution in [0.5, 0.6) is 0 Å². The number of rotatable bonds is 5. The second-order valence-corrected chi connectivity index (χ2v) is 5.15. The fraction of sp³-hybridized carbons (Fsp3) is 0.750. The molecule has 0 bridgehead atoms. The van der Waals surface area contributed by atoms with E-state index in [0.29, 0.717) is 6.04 Å². The van der Waals surface area contributed by atoms with Crippen LogP contribution >= 0.6 is 11.6 Å². The Morgan fingerprint density at radius 2 is 2.38 bits per heavy atom. The topological polar surface area (TPSA) is 29.9 Å². The van der Waals surface area contributed by atoms with Crippen LogP contribution in [-0.4, -0.2) is 16.8 Å². The molecule has 1 aromatic heterocycles. The van der Waals surface area contributed by atoms with E-state index >= 15 is 0 Å². The molecule has 16 heavy (non-hydrogen) atoms. The lowest BCUT2D eigenvalue weighted by Gasteiger charge is -2.18. The van der Waals surface area contributed by atoms with Gasteiger partial charge in [-0.1, -0.05) is 25.4 Å². The largest absolute Gasteiger partial charge is 0.311 e. The molecule has 0 radical (unpaired) electrons. The molecule has 1 N–H and O–H groups in total. The molecule has 1 aliphatic rings. The molecule has 0 saturated heterocycles. The summed E-state index contributed by atoms with van der Waals surface area (Å²) in [7, 11) is 2.01. The molecule has 1 saturated carbocycles. The van der Waals surface area contributed by atoms with E-state index < -0.39 is 0 Å². The molecular formula is C12H20ClN3. The molecule has 90 valence electrons. The molecule has 1 aliphatic carbocycles. The summed E-state index contributed by atoms with van der Waals surface area (Å²) >= 11 is 6.25. The number of aryl methyl sites for hydroxylation is 1. The minimum Gasteiger partial charge on any atom is -0.311 e. The zero-order valence-electron chi connectivity index (χ0n) is 10.2. The molecule has 3 atom stereocenters. The Morgan fingerprint density at radius 1 is 1.69 bits per heavy atom. The lowest BCUT2D eigenvalue weighted by Crippen LogP contribution is -2.23. The van der Waals surface area contributed by atoms with E-state index in [-0.39, 0.29) is 0 Å². The van der Waals surface area contributed by atoms with Crippen molar-refractivity contribution in [3.8, 4) is 0 Å². The average molecular weight is 242 g/mol. The number of halogens is 1. The summed E-state index contributed by atoms with van der Waals surface area (Å²) in [5.41, 5.74) is 1.17. The van der Waals surface area contributed by atoms with Gasteiger partial charge in [0.2, 0.25) is 0 Å². The highest BCUT2D eigenvalue weighted by molar-refractivity contribution is 6.31. The molecule has 2 rings (SSSR count). The third-order valence-electron chi connectivity index (χ3n) is 3.47. The van der Waals surface area contributed by atoms with Crippen molar-refractivity contribution >= 4 is 11.6 Å². The maximum absolute atomic E-state index is 6.25. The molecule has 0 amide bonds. The van der Waals surface area contributed by atoms with Gasteiger partial charge < -0.3 is 5.32 Å². The summed E-state index contributed by atoms with van der Waals surface area (Å²) in [6.45, 7) is 5.40. The molecular weight excluding hydrogens is 222 g/mol. The Morgan fingerprint density at radius 3 is 2.88 bits per heavy atom. The van der Waals surface area contributed by atoms with E-state index in [4.69, 9.17) is 11.6 Å². The monoisotopic (exact) mass is 241 g/mol. The van der Waals surface area contributed by atoms with E-state index in [2.05, 4.69) is 28.9 Å². The molecule has 0 aromatic carbocycles.